The van der Waals surface area contributed by atoms with Crippen molar-refractivity contribution >= 4 is 138 Å². The summed E-state index contributed by atoms with van der Waals surface area (Å²) in [4.78, 5) is 34.4. The average molecular weight is 1850 g/mol. The summed E-state index contributed by atoms with van der Waals surface area (Å²) in [6, 6.07) is 68.1. The zero-order chi connectivity index (χ0) is 89.6. The summed E-state index contributed by atoms with van der Waals surface area (Å²) in [6.07, 6.45) is 25.9. The second-order valence-electron chi connectivity index (χ2n) is 32.1. The summed E-state index contributed by atoms with van der Waals surface area (Å²) in [6.45, 7) is 11.5. The van der Waals surface area contributed by atoms with Crippen LogP contribution in [-0.2, 0) is 47.1 Å². The van der Waals surface area contributed by atoms with Gasteiger partial charge in [-0.1, -0.05) is 143 Å². The van der Waals surface area contributed by atoms with Crippen LogP contribution < -0.4 is 9.80 Å². The summed E-state index contributed by atoms with van der Waals surface area (Å²) >= 11 is 4.72. The minimum atomic E-state index is -3.85. The lowest BCUT2D eigenvalue weighted by atomic mass is 10.0. The van der Waals surface area contributed by atoms with Crippen molar-refractivity contribution in [3.63, 3.8) is 0 Å². The maximum Gasteiger partial charge on any atom is 0.282 e. The number of aryl methyl sites for hydroxylation is 1. The first-order valence-corrected chi connectivity index (χ1v) is 51.7. The molecule has 0 fully saturated rings. The van der Waals surface area contributed by atoms with Gasteiger partial charge in [0, 0.05) is 202 Å². The van der Waals surface area contributed by atoms with Crippen LogP contribution in [-0.4, -0.2) is 130 Å². The molecule has 0 atom stereocenters. The van der Waals surface area contributed by atoms with Gasteiger partial charge < -0.3 is 23.0 Å². The topological polar surface area (TPSA) is 276 Å². The van der Waals surface area contributed by atoms with Gasteiger partial charge in [-0.15, -0.1) is 34.0 Å². The number of anilines is 2. The second-order valence-corrected chi connectivity index (χ2v) is 47.2. The first-order chi connectivity index (χ1) is 61.4. The van der Waals surface area contributed by atoms with Crippen LogP contribution in [0, 0.1) is 0 Å². The van der Waals surface area contributed by atoms with Crippen molar-refractivity contribution in [1.29, 1.82) is 0 Å². The highest BCUT2D eigenvalue weighted by atomic mass is 32.2. The Bertz CT molecular complexity index is 7870. The molecule has 0 radical (unpaired) electrons. The van der Waals surface area contributed by atoms with E-state index in [-0.39, 0.29) is 24.6 Å². The number of oxazole rings is 1. The highest BCUT2D eigenvalue weighted by Crippen LogP contribution is 2.45. The van der Waals surface area contributed by atoms with Crippen LogP contribution in [0.3, 0.4) is 0 Å². The van der Waals surface area contributed by atoms with Crippen molar-refractivity contribution in [2.24, 2.45) is 7.05 Å². The smallest absolute Gasteiger partial charge is 0.282 e. The lowest BCUT2D eigenvalue weighted by Gasteiger charge is -2.38. The zero-order valence-electron chi connectivity index (χ0n) is 71.0. The van der Waals surface area contributed by atoms with Gasteiger partial charge in [0.25, 0.3) is 40.1 Å². The van der Waals surface area contributed by atoms with Crippen molar-refractivity contribution in [3.8, 4) is 87.4 Å². The Labute approximate surface area is 754 Å². The lowest BCUT2D eigenvalue weighted by molar-refractivity contribution is 0.574. The summed E-state index contributed by atoms with van der Waals surface area (Å²) in [5.74, 6) is 0.332. The predicted octanol–water partition coefficient (Wildman–Crippen LogP) is 21.5. The molecule has 14 aromatic heterocycles. The summed E-state index contributed by atoms with van der Waals surface area (Å²) in [7, 11) is -7.27. The number of thiophene rings is 2. The van der Waals surface area contributed by atoms with Gasteiger partial charge in [0.2, 0.25) is 5.89 Å². The van der Waals surface area contributed by atoms with Gasteiger partial charge in [-0.25, -0.2) is 67.1 Å². The normalized spacial score (nSPS) is 12.1. The van der Waals surface area contributed by atoms with E-state index < -0.39 is 48.3 Å². The van der Waals surface area contributed by atoms with Gasteiger partial charge in [-0.2, -0.15) is 17.6 Å². The van der Waals surface area contributed by atoms with Crippen LogP contribution in [0.15, 0.2) is 358 Å². The Hall–Kier alpha value is -13.6. The maximum atomic E-state index is 13.4. The van der Waals surface area contributed by atoms with Gasteiger partial charge >= 0.3 is 0 Å². The molecule has 644 valence electrons. The molecule has 32 heteroatoms. The van der Waals surface area contributed by atoms with E-state index in [0.29, 0.717) is 33.8 Å². The largest absolute Gasteiger partial charge is 0.444 e. The van der Waals surface area contributed by atoms with Gasteiger partial charge in [0.05, 0.1) is 43.7 Å². The number of benzene rings is 6. The van der Waals surface area contributed by atoms with E-state index in [0.717, 1.165) is 113 Å². The van der Waals surface area contributed by atoms with E-state index in [9.17, 15) is 33.7 Å². The standard InChI is InChI=1S/C30H35N5O2SSi.C24H20N4O3S.C22H17N3O2S2.C20H13N3O2S3/c1-30(2,3)39(6,7)34-21-28(24-19-32-35(20-24)38(36,37)26-11-9-8-10-12-26)27-17-23(18-31-29(27)34)22-13-15-25(16-14-22)33(4)5;1-27(2)19-10-8-17(9-11-19)18-14-21-22(24-25-12-13-31-24)16-28(23(21)26-15-18)32(29,30)20-6-4-3-5-7-20;1-24-10-9-16(14-24)20-15-25(29(26,27)18-6-3-2-4-7-18)22-19(20)12-17(13-23-22)21-8-5-11-28-21;24-28(25,15-5-2-1-3-6-15)23-13-17(20-21-8-10-27-20)16-11-14(12-22-19(16)23)18-7-4-9-26-18/h8-21H,1-7H3;3-16H,1-2H3;2-15H,1H3;1-13H. The van der Waals surface area contributed by atoms with E-state index in [1.54, 1.807) is 194 Å². The SMILES string of the molecule is CN(C)c1ccc(-c2cnc3c(c2)c(-c2cnn(S(=O)(=O)c4ccccc4)c2)cn3[Si](C)(C)C(C)(C)C)cc1.CN(C)c1ccc(-c2cnc3c(c2)c(-c2ncco2)cn3S(=O)(=O)c2ccccc2)cc1.Cn1ccc(-c2cn(S(=O)(=O)c3ccccc3)c3ncc(-c4cccs4)cc23)c1.O=S(=O)(c1ccccc1)n1cc(-c2nccs2)c2cc(-c3cccs3)cnc21. The number of aromatic nitrogens is 13. The predicted molar refractivity (Wildman–Crippen MR) is 516 cm³/mol. The molecule has 20 rings (SSSR count). The van der Waals surface area contributed by atoms with Crippen molar-refractivity contribution in [3.05, 3.63) is 334 Å². The van der Waals surface area contributed by atoms with Crippen molar-refractivity contribution in [2.75, 3.05) is 38.0 Å². The van der Waals surface area contributed by atoms with E-state index in [4.69, 9.17) is 9.40 Å². The number of pyridine rings is 4. The first-order valence-electron chi connectivity index (χ1n) is 40.3. The van der Waals surface area contributed by atoms with Crippen molar-refractivity contribution in [2.45, 2.75) is 58.5 Å². The number of fused-ring (bicyclic) bond motifs is 4. The van der Waals surface area contributed by atoms with Gasteiger partial charge in [-0.05, 0) is 142 Å². The number of rotatable bonds is 19. The molecule has 0 spiro atoms. The quantitative estimate of drug-likeness (QED) is 0.0680. The summed E-state index contributed by atoms with van der Waals surface area (Å²) < 4.78 is 121. The van der Waals surface area contributed by atoms with Crippen molar-refractivity contribution in [1.82, 2.24) is 59.8 Å². The fraction of sp³-hybridized carbons (Fsp3) is 0.115. The molecule has 0 amide bonds. The maximum absolute atomic E-state index is 13.4. The van der Waals surface area contributed by atoms with Crippen LogP contribution in [0.2, 0.25) is 18.1 Å². The van der Waals surface area contributed by atoms with E-state index in [2.05, 4.69) is 110 Å². The molecule has 0 N–H and O–H groups in total. The Balaban J connectivity index is 0.000000121. The van der Waals surface area contributed by atoms with Crippen LogP contribution >= 0.6 is 34.0 Å². The molecule has 0 aliphatic carbocycles. The number of thiazole rings is 1. The van der Waals surface area contributed by atoms with Crippen LogP contribution in [0.25, 0.3) is 132 Å². The molecule has 6 aromatic carbocycles. The molecule has 0 aliphatic rings. The number of nitrogens with zero attached hydrogens (tertiary/aromatic N) is 15. The van der Waals surface area contributed by atoms with Gasteiger partial charge in [0.1, 0.15) is 16.9 Å². The van der Waals surface area contributed by atoms with Gasteiger partial charge in [0.15, 0.2) is 25.2 Å². The Morgan fingerprint density at radius 1 is 0.367 bits per heavy atom. The molecule has 128 heavy (non-hydrogen) atoms. The Morgan fingerprint density at radius 3 is 1.20 bits per heavy atom. The molecule has 24 nitrogen and oxygen atoms in total. The van der Waals surface area contributed by atoms with E-state index in [1.807, 2.05) is 152 Å². The van der Waals surface area contributed by atoms with Crippen LogP contribution in [0.4, 0.5) is 11.4 Å². The molecule has 20 aromatic rings. The molecule has 0 unspecified atom stereocenters. The molecule has 0 aliphatic heterocycles. The average Bonchev–Trinajstić information content (AvgIpc) is 1.60. The first kappa shape index (κ1) is 86.5. The molecule has 14 heterocycles. The summed E-state index contributed by atoms with van der Waals surface area (Å²) in [5, 5.41) is 14.2. The lowest BCUT2D eigenvalue weighted by Crippen LogP contribution is -2.45. The molecular weight excluding hydrogens is 1760 g/mol. The minimum absolute atomic E-state index is 0.0689. The Morgan fingerprint density at radius 2 is 0.781 bits per heavy atom. The summed E-state index contributed by atoms with van der Waals surface area (Å²) in [5.41, 5.74) is 14.9. The zero-order valence-corrected chi connectivity index (χ0v) is 77.7. The third-order valence-corrected chi connectivity index (χ3v) is 36.9. The van der Waals surface area contributed by atoms with Gasteiger partial charge in [-0.3, -0.25) is 0 Å². The van der Waals surface area contributed by atoms with Crippen molar-refractivity contribution < 1.29 is 38.1 Å². The third kappa shape index (κ3) is 16.9. The van der Waals surface area contributed by atoms with E-state index >= 15 is 0 Å². The number of hydrogen-bond acceptors (Lipinski definition) is 21. The third-order valence-electron chi connectivity index (χ3n) is 22.5. The highest BCUT2D eigenvalue weighted by molar-refractivity contribution is 7.91. The highest BCUT2D eigenvalue weighted by Gasteiger charge is 2.40. The molecular formula is C96H85N15O9S7Si. The molecule has 0 saturated heterocycles. The van der Waals surface area contributed by atoms with E-state index in [1.165, 1.54) is 41.9 Å². The molecule has 0 saturated carbocycles. The second kappa shape index (κ2) is 35.0. The Kier molecular flexibility index (Phi) is 23.7. The number of hydrogen-bond donors (Lipinski definition) is 0. The van der Waals surface area contributed by atoms with Crippen LogP contribution in [0.5, 0.6) is 0 Å². The fourth-order valence-corrected chi connectivity index (χ4v) is 23.8. The minimum Gasteiger partial charge on any atom is -0.444 e. The monoisotopic (exact) mass is 1840 g/mol. The molecule has 0 bridgehead atoms. The fourth-order valence-electron chi connectivity index (χ4n) is 14.6. The van der Waals surface area contributed by atoms with Crippen LogP contribution in [0.1, 0.15) is 20.8 Å².